The van der Waals surface area contributed by atoms with Crippen molar-refractivity contribution in [2.24, 2.45) is 0 Å². The molecule has 1 N–H and O–H groups in total. The lowest BCUT2D eigenvalue weighted by molar-refractivity contribution is -0.120. The quantitative estimate of drug-likeness (QED) is 0.581. The molecule has 1 atom stereocenters. The highest BCUT2D eigenvalue weighted by molar-refractivity contribution is 8.00. The van der Waals surface area contributed by atoms with Crippen molar-refractivity contribution in [1.82, 2.24) is 5.32 Å². The van der Waals surface area contributed by atoms with Gasteiger partial charge in [0.1, 0.15) is 0 Å². The van der Waals surface area contributed by atoms with E-state index in [9.17, 15) is 4.79 Å². The van der Waals surface area contributed by atoms with Crippen LogP contribution in [-0.4, -0.2) is 30.9 Å². The van der Waals surface area contributed by atoms with Crippen molar-refractivity contribution in [1.29, 1.82) is 0 Å². The molecule has 0 aliphatic carbocycles. The third kappa shape index (κ3) is 6.07. The molecule has 100 valence electrons. The fourth-order valence-electron chi connectivity index (χ4n) is 1.43. The summed E-state index contributed by atoms with van der Waals surface area (Å²) < 4.78 is 5.21. The van der Waals surface area contributed by atoms with Crippen molar-refractivity contribution in [3.05, 3.63) is 30.3 Å². The molecular formula is C14H21NO2S. The number of ether oxygens (including phenoxy) is 1. The van der Waals surface area contributed by atoms with E-state index in [1.165, 1.54) is 0 Å². The lowest BCUT2D eigenvalue weighted by atomic mass is 10.4. The molecule has 0 aliphatic heterocycles. The zero-order chi connectivity index (χ0) is 13.2. The van der Waals surface area contributed by atoms with Crippen LogP contribution in [0.4, 0.5) is 0 Å². The topological polar surface area (TPSA) is 38.3 Å². The van der Waals surface area contributed by atoms with Gasteiger partial charge in [-0.05, 0) is 32.4 Å². The van der Waals surface area contributed by atoms with E-state index in [1.807, 2.05) is 44.2 Å². The SMILES string of the molecule is CCOCCCNC(=O)[C@@H](C)Sc1ccccc1. The minimum Gasteiger partial charge on any atom is -0.382 e. The summed E-state index contributed by atoms with van der Waals surface area (Å²) in [4.78, 5) is 12.9. The molecule has 0 radical (unpaired) electrons. The highest BCUT2D eigenvalue weighted by Gasteiger charge is 2.13. The van der Waals surface area contributed by atoms with Crippen LogP contribution in [-0.2, 0) is 9.53 Å². The second-order valence-corrected chi connectivity index (χ2v) is 5.33. The van der Waals surface area contributed by atoms with E-state index in [0.717, 1.165) is 17.9 Å². The number of carbonyl (C=O) groups is 1. The maximum absolute atomic E-state index is 11.8. The Hall–Kier alpha value is -1.00. The second kappa shape index (κ2) is 9.00. The highest BCUT2D eigenvalue weighted by atomic mass is 32.2. The standard InChI is InChI=1S/C14H21NO2S/c1-3-17-11-7-10-15-14(16)12(2)18-13-8-5-4-6-9-13/h4-6,8-9,12H,3,7,10-11H2,1-2H3,(H,15,16)/t12-/m1/s1. The van der Waals surface area contributed by atoms with E-state index in [4.69, 9.17) is 4.74 Å². The Morgan fingerprint density at radius 3 is 2.78 bits per heavy atom. The van der Waals surface area contributed by atoms with Crippen LogP contribution in [0.25, 0.3) is 0 Å². The Morgan fingerprint density at radius 1 is 1.39 bits per heavy atom. The molecule has 0 unspecified atom stereocenters. The molecule has 0 saturated carbocycles. The van der Waals surface area contributed by atoms with Crippen LogP contribution in [0.3, 0.4) is 0 Å². The van der Waals surface area contributed by atoms with Crippen LogP contribution < -0.4 is 5.32 Å². The summed E-state index contributed by atoms with van der Waals surface area (Å²) in [7, 11) is 0. The fourth-order valence-corrected chi connectivity index (χ4v) is 2.34. The average molecular weight is 267 g/mol. The number of nitrogens with one attached hydrogen (secondary N) is 1. The molecule has 0 spiro atoms. The van der Waals surface area contributed by atoms with E-state index >= 15 is 0 Å². The van der Waals surface area contributed by atoms with Crippen LogP contribution in [0, 0.1) is 0 Å². The Bertz CT molecular complexity index is 343. The van der Waals surface area contributed by atoms with E-state index in [1.54, 1.807) is 11.8 Å². The van der Waals surface area contributed by atoms with Gasteiger partial charge in [0.2, 0.25) is 5.91 Å². The molecule has 3 nitrogen and oxygen atoms in total. The van der Waals surface area contributed by atoms with Gasteiger partial charge in [0, 0.05) is 24.7 Å². The molecule has 1 rings (SSSR count). The molecule has 0 fully saturated rings. The number of hydrogen-bond acceptors (Lipinski definition) is 3. The number of rotatable bonds is 8. The highest BCUT2D eigenvalue weighted by Crippen LogP contribution is 2.22. The van der Waals surface area contributed by atoms with Gasteiger partial charge in [0.15, 0.2) is 0 Å². The summed E-state index contributed by atoms with van der Waals surface area (Å²) in [6.45, 7) is 6.01. The van der Waals surface area contributed by atoms with Crippen molar-refractivity contribution < 1.29 is 9.53 Å². The lowest BCUT2D eigenvalue weighted by Gasteiger charge is -2.11. The maximum atomic E-state index is 11.8. The molecule has 1 aromatic rings. The van der Waals surface area contributed by atoms with Gasteiger partial charge >= 0.3 is 0 Å². The van der Waals surface area contributed by atoms with Gasteiger partial charge in [-0.25, -0.2) is 0 Å². The zero-order valence-electron chi connectivity index (χ0n) is 11.0. The van der Waals surface area contributed by atoms with Crippen molar-refractivity contribution >= 4 is 17.7 Å². The van der Waals surface area contributed by atoms with Crippen LogP contribution in [0.5, 0.6) is 0 Å². The molecular weight excluding hydrogens is 246 g/mol. The lowest BCUT2D eigenvalue weighted by Crippen LogP contribution is -2.32. The molecule has 4 heteroatoms. The molecule has 1 aromatic carbocycles. The summed E-state index contributed by atoms with van der Waals surface area (Å²) in [6.07, 6.45) is 0.863. The maximum Gasteiger partial charge on any atom is 0.233 e. The number of benzene rings is 1. The molecule has 18 heavy (non-hydrogen) atoms. The van der Waals surface area contributed by atoms with Crippen LogP contribution >= 0.6 is 11.8 Å². The number of carbonyl (C=O) groups excluding carboxylic acids is 1. The first-order valence-corrected chi connectivity index (χ1v) is 7.19. The van der Waals surface area contributed by atoms with Crippen LogP contribution in [0.1, 0.15) is 20.3 Å². The summed E-state index contributed by atoms with van der Waals surface area (Å²) in [5.41, 5.74) is 0. The molecule has 0 saturated heterocycles. The smallest absolute Gasteiger partial charge is 0.233 e. The number of hydrogen-bond donors (Lipinski definition) is 1. The second-order valence-electron chi connectivity index (χ2n) is 3.91. The van der Waals surface area contributed by atoms with Crippen molar-refractivity contribution in [2.45, 2.75) is 30.4 Å². The predicted molar refractivity (Wildman–Crippen MR) is 75.9 cm³/mol. The summed E-state index contributed by atoms with van der Waals surface area (Å²) in [6, 6.07) is 9.97. The largest absolute Gasteiger partial charge is 0.382 e. The molecule has 0 aliphatic rings. The zero-order valence-corrected chi connectivity index (χ0v) is 11.8. The van der Waals surface area contributed by atoms with Gasteiger partial charge < -0.3 is 10.1 Å². The Kier molecular flexibility index (Phi) is 7.53. The molecule has 0 aromatic heterocycles. The van der Waals surface area contributed by atoms with Gasteiger partial charge in [0.05, 0.1) is 5.25 Å². The van der Waals surface area contributed by atoms with E-state index < -0.39 is 0 Å². The summed E-state index contributed by atoms with van der Waals surface area (Å²) in [5.74, 6) is 0.0837. The average Bonchev–Trinajstić information content (AvgIpc) is 2.39. The number of thioether (sulfide) groups is 1. The van der Waals surface area contributed by atoms with Crippen LogP contribution in [0.15, 0.2) is 35.2 Å². The van der Waals surface area contributed by atoms with Crippen LogP contribution in [0.2, 0.25) is 0 Å². The Balaban J connectivity index is 2.21. The van der Waals surface area contributed by atoms with Gasteiger partial charge in [-0.1, -0.05) is 18.2 Å². The third-order valence-electron chi connectivity index (χ3n) is 2.39. The van der Waals surface area contributed by atoms with Gasteiger partial charge in [0.25, 0.3) is 0 Å². The Morgan fingerprint density at radius 2 is 2.11 bits per heavy atom. The predicted octanol–water partition coefficient (Wildman–Crippen LogP) is 2.71. The minimum absolute atomic E-state index is 0.0699. The fraction of sp³-hybridized carbons (Fsp3) is 0.500. The first-order chi connectivity index (χ1) is 8.74. The molecule has 1 amide bonds. The van der Waals surface area contributed by atoms with Gasteiger partial charge in [-0.2, -0.15) is 0 Å². The minimum atomic E-state index is -0.0699. The summed E-state index contributed by atoms with van der Waals surface area (Å²) in [5, 5.41) is 2.85. The van der Waals surface area contributed by atoms with Crippen molar-refractivity contribution in [3.63, 3.8) is 0 Å². The van der Waals surface area contributed by atoms with Gasteiger partial charge in [-0.3, -0.25) is 4.79 Å². The van der Waals surface area contributed by atoms with E-state index in [-0.39, 0.29) is 11.2 Å². The first-order valence-electron chi connectivity index (χ1n) is 6.31. The van der Waals surface area contributed by atoms with Crippen molar-refractivity contribution in [2.75, 3.05) is 19.8 Å². The normalized spacial score (nSPS) is 12.1. The monoisotopic (exact) mass is 267 g/mol. The number of amides is 1. The van der Waals surface area contributed by atoms with Gasteiger partial charge in [-0.15, -0.1) is 11.8 Å². The summed E-state index contributed by atoms with van der Waals surface area (Å²) >= 11 is 1.58. The van der Waals surface area contributed by atoms with Crippen molar-refractivity contribution in [3.8, 4) is 0 Å². The van der Waals surface area contributed by atoms with E-state index in [2.05, 4.69) is 5.32 Å². The first kappa shape index (κ1) is 15.1. The molecule has 0 bridgehead atoms. The molecule has 0 heterocycles. The Labute approximate surface area is 113 Å². The third-order valence-corrected chi connectivity index (χ3v) is 3.51. The van der Waals surface area contributed by atoms with E-state index in [0.29, 0.717) is 13.2 Å².